The van der Waals surface area contributed by atoms with Crippen molar-refractivity contribution in [3.63, 3.8) is 0 Å². The summed E-state index contributed by atoms with van der Waals surface area (Å²) in [5.74, 6) is -0.114. The second kappa shape index (κ2) is 5.56. The van der Waals surface area contributed by atoms with Crippen molar-refractivity contribution in [1.82, 2.24) is 5.32 Å². The molecule has 15 heavy (non-hydrogen) atoms. The van der Waals surface area contributed by atoms with Gasteiger partial charge in [0.2, 0.25) is 5.91 Å². The summed E-state index contributed by atoms with van der Waals surface area (Å²) in [6, 6.07) is 7.44. The molecule has 0 aliphatic rings. The van der Waals surface area contributed by atoms with Gasteiger partial charge in [-0.15, -0.1) is 0 Å². The minimum atomic E-state index is -0.114. The number of benzene rings is 1. The van der Waals surface area contributed by atoms with Gasteiger partial charge in [-0.1, -0.05) is 43.3 Å². The van der Waals surface area contributed by atoms with E-state index in [1.165, 1.54) is 0 Å². The second-order valence-corrected chi connectivity index (χ2v) is 3.64. The lowest BCUT2D eigenvalue weighted by molar-refractivity contribution is -0.117. The van der Waals surface area contributed by atoms with Crippen molar-refractivity contribution in [1.29, 1.82) is 0 Å². The summed E-state index contributed by atoms with van der Waals surface area (Å²) >= 11 is 5.95. The maximum atomic E-state index is 11.4. The van der Waals surface area contributed by atoms with Gasteiger partial charge < -0.3 is 5.32 Å². The summed E-state index contributed by atoms with van der Waals surface area (Å²) in [5.41, 5.74) is 1.50. The van der Waals surface area contributed by atoms with Gasteiger partial charge >= 0.3 is 0 Å². The smallest absolute Gasteiger partial charge is 0.246 e. The molecule has 80 valence electrons. The van der Waals surface area contributed by atoms with Gasteiger partial charge in [-0.2, -0.15) is 0 Å². The van der Waals surface area contributed by atoms with Crippen molar-refractivity contribution in [3.8, 4) is 0 Å². The molecule has 1 rings (SSSR count). The highest BCUT2D eigenvalue weighted by atomic mass is 35.5. The Morgan fingerprint density at radius 2 is 2.13 bits per heavy atom. The number of carbonyl (C=O) groups is 1. The number of carbonyl (C=O) groups excluding carboxylic acids is 1. The molecule has 0 aliphatic carbocycles. The predicted octanol–water partition coefficient (Wildman–Crippen LogP) is 2.92. The zero-order valence-electron chi connectivity index (χ0n) is 8.72. The quantitative estimate of drug-likeness (QED) is 0.782. The minimum Gasteiger partial charge on any atom is -0.348 e. The van der Waals surface area contributed by atoms with Crippen molar-refractivity contribution >= 4 is 17.5 Å². The van der Waals surface area contributed by atoms with Crippen molar-refractivity contribution < 1.29 is 4.79 Å². The number of amides is 1. The summed E-state index contributed by atoms with van der Waals surface area (Å²) in [6.07, 6.45) is 0.661. The molecule has 0 atom stereocenters. The van der Waals surface area contributed by atoms with Crippen molar-refractivity contribution in [3.05, 3.63) is 47.0 Å². The Morgan fingerprint density at radius 1 is 1.47 bits per heavy atom. The van der Waals surface area contributed by atoms with Gasteiger partial charge in [0.15, 0.2) is 0 Å². The Kier molecular flexibility index (Phi) is 4.37. The second-order valence-electron chi connectivity index (χ2n) is 3.23. The first-order valence-electron chi connectivity index (χ1n) is 4.84. The first kappa shape index (κ1) is 11.8. The third-order valence-electron chi connectivity index (χ3n) is 2.15. The molecule has 0 radical (unpaired) electrons. The van der Waals surface area contributed by atoms with E-state index in [9.17, 15) is 4.79 Å². The van der Waals surface area contributed by atoms with Crippen LogP contribution in [0.15, 0.2) is 36.4 Å². The lowest BCUT2D eigenvalue weighted by Crippen LogP contribution is -2.23. The standard InChI is InChI=1S/C12H14ClNO/c1-3-9(2)12(15)14-8-10-6-4-5-7-11(10)13/h4-7H,2-3,8H2,1H3,(H,14,15). The number of nitrogens with one attached hydrogen (secondary N) is 1. The fraction of sp³-hybridized carbons (Fsp3) is 0.250. The Bertz CT molecular complexity index is 374. The van der Waals surface area contributed by atoms with Crippen LogP contribution >= 0.6 is 11.6 Å². The number of hydrogen-bond donors (Lipinski definition) is 1. The molecule has 3 heteroatoms. The topological polar surface area (TPSA) is 29.1 Å². The molecular weight excluding hydrogens is 210 g/mol. The Labute approximate surface area is 94.9 Å². The molecule has 1 amide bonds. The maximum Gasteiger partial charge on any atom is 0.246 e. The van der Waals surface area contributed by atoms with E-state index in [-0.39, 0.29) is 5.91 Å². The first-order valence-corrected chi connectivity index (χ1v) is 5.22. The maximum absolute atomic E-state index is 11.4. The summed E-state index contributed by atoms with van der Waals surface area (Å²) in [7, 11) is 0. The van der Waals surface area contributed by atoms with Crippen LogP contribution in [-0.4, -0.2) is 5.91 Å². The molecule has 0 unspecified atom stereocenters. The highest BCUT2D eigenvalue weighted by molar-refractivity contribution is 6.31. The van der Waals surface area contributed by atoms with Crippen molar-refractivity contribution in [2.75, 3.05) is 0 Å². The highest BCUT2D eigenvalue weighted by Gasteiger charge is 2.05. The average Bonchev–Trinajstić information content (AvgIpc) is 2.26. The molecule has 0 heterocycles. The lowest BCUT2D eigenvalue weighted by Gasteiger charge is -2.07. The third-order valence-corrected chi connectivity index (χ3v) is 2.51. The largest absolute Gasteiger partial charge is 0.348 e. The minimum absolute atomic E-state index is 0.114. The van der Waals surface area contributed by atoms with E-state index < -0.39 is 0 Å². The molecule has 0 saturated heterocycles. The normalized spacial score (nSPS) is 9.73. The molecule has 0 spiro atoms. The summed E-state index contributed by atoms with van der Waals surface area (Å²) < 4.78 is 0. The zero-order chi connectivity index (χ0) is 11.3. The van der Waals surface area contributed by atoms with Crippen molar-refractivity contribution in [2.24, 2.45) is 0 Å². The zero-order valence-corrected chi connectivity index (χ0v) is 9.47. The Hall–Kier alpha value is -1.28. The van der Waals surface area contributed by atoms with Crippen LogP contribution < -0.4 is 5.32 Å². The molecule has 2 nitrogen and oxygen atoms in total. The van der Waals surface area contributed by atoms with E-state index >= 15 is 0 Å². The molecule has 1 aromatic carbocycles. The number of halogens is 1. The predicted molar refractivity (Wildman–Crippen MR) is 62.7 cm³/mol. The Morgan fingerprint density at radius 3 is 2.73 bits per heavy atom. The van der Waals surface area contributed by atoms with Crippen LogP contribution in [-0.2, 0) is 11.3 Å². The van der Waals surface area contributed by atoms with E-state index in [4.69, 9.17) is 11.6 Å². The van der Waals surface area contributed by atoms with Gasteiger partial charge in [0.1, 0.15) is 0 Å². The van der Waals surface area contributed by atoms with Gasteiger partial charge in [-0.25, -0.2) is 0 Å². The van der Waals surface area contributed by atoms with Crippen LogP contribution in [0.3, 0.4) is 0 Å². The van der Waals surface area contributed by atoms with E-state index in [0.717, 1.165) is 5.56 Å². The van der Waals surface area contributed by atoms with Crippen LogP contribution in [0.4, 0.5) is 0 Å². The lowest BCUT2D eigenvalue weighted by atomic mass is 10.2. The average molecular weight is 224 g/mol. The van der Waals surface area contributed by atoms with Crippen molar-refractivity contribution in [2.45, 2.75) is 19.9 Å². The number of rotatable bonds is 4. The molecule has 1 aromatic rings. The monoisotopic (exact) mass is 223 g/mol. The molecule has 0 saturated carbocycles. The van der Waals surface area contributed by atoms with E-state index in [2.05, 4.69) is 11.9 Å². The van der Waals surface area contributed by atoms with Gasteiger partial charge in [0.25, 0.3) is 0 Å². The fourth-order valence-corrected chi connectivity index (χ4v) is 1.31. The molecule has 1 N–H and O–H groups in total. The van der Waals surface area contributed by atoms with E-state index in [1.54, 1.807) is 6.07 Å². The third kappa shape index (κ3) is 3.40. The van der Waals surface area contributed by atoms with E-state index in [0.29, 0.717) is 23.6 Å². The van der Waals surface area contributed by atoms with Crippen LogP contribution in [0.25, 0.3) is 0 Å². The molecule has 0 aliphatic heterocycles. The molecule has 0 aromatic heterocycles. The van der Waals surface area contributed by atoms with Gasteiger partial charge in [0, 0.05) is 17.1 Å². The van der Waals surface area contributed by atoms with Crippen LogP contribution in [0.1, 0.15) is 18.9 Å². The molecule has 0 fully saturated rings. The van der Waals surface area contributed by atoms with Gasteiger partial charge in [-0.3, -0.25) is 4.79 Å². The fourth-order valence-electron chi connectivity index (χ4n) is 1.10. The van der Waals surface area contributed by atoms with Crippen LogP contribution in [0.2, 0.25) is 5.02 Å². The highest BCUT2D eigenvalue weighted by Crippen LogP contribution is 2.14. The first-order chi connectivity index (χ1) is 7.15. The van der Waals surface area contributed by atoms with Gasteiger partial charge in [-0.05, 0) is 18.1 Å². The Balaban J connectivity index is 2.54. The number of hydrogen-bond acceptors (Lipinski definition) is 1. The summed E-state index contributed by atoms with van der Waals surface area (Å²) in [5, 5.41) is 3.43. The molecule has 0 bridgehead atoms. The van der Waals surface area contributed by atoms with Gasteiger partial charge in [0.05, 0.1) is 0 Å². The SMILES string of the molecule is C=C(CC)C(=O)NCc1ccccc1Cl. The molecular formula is C12H14ClNO. The summed E-state index contributed by atoms with van der Waals surface area (Å²) in [4.78, 5) is 11.4. The van der Waals surface area contributed by atoms with Crippen LogP contribution in [0, 0.1) is 0 Å². The van der Waals surface area contributed by atoms with Crippen LogP contribution in [0.5, 0.6) is 0 Å². The summed E-state index contributed by atoms with van der Waals surface area (Å²) in [6.45, 7) is 6.00. The van der Waals surface area contributed by atoms with E-state index in [1.807, 2.05) is 25.1 Å².